The van der Waals surface area contributed by atoms with Gasteiger partial charge in [-0.2, -0.15) is 0 Å². The van der Waals surface area contributed by atoms with Crippen molar-refractivity contribution in [2.24, 2.45) is 5.84 Å². The number of hydrogen-bond acceptors (Lipinski definition) is 2. The Morgan fingerprint density at radius 3 is 3.10 bits per heavy atom. The van der Waals surface area contributed by atoms with Gasteiger partial charge in [0.15, 0.2) is 0 Å². The maximum Gasteiger partial charge on any atom is 0.239 e. The van der Waals surface area contributed by atoms with Crippen LogP contribution in [0.25, 0.3) is 0 Å². The third-order valence-corrected chi connectivity index (χ3v) is 1.17. The molecule has 54 valence electrons. The summed E-state index contributed by atoms with van der Waals surface area (Å²) in [6.07, 6.45) is 2.07. The highest BCUT2D eigenvalue weighted by Gasteiger charge is 1.99. The van der Waals surface area contributed by atoms with Gasteiger partial charge in [-0.1, -0.05) is 0 Å². The van der Waals surface area contributed by atoms with Gasteiger partial charge in [0.2, 0.25) is 5.91 Å². The van der Waals surface area contributed by atoms with Crippen molar-refractivity contribution in [2.75, 3.05) is 0 Å². The molecule has 0 aliphatic heterocycles. The lowest BCUT2D eigenvalue weighted by atomic mass is 10.3. The Morgan fingerprint density at radius 1 is 1.80 bits per heavy atom. The largest absolute Gasteiger partial charge is 0.365 e. The van der Waals surface area contributed by atoms with Gasteiger partial charge in [0.05, 0.1) is 6.42 Å². The minimum atomic E-state index is -0.192. The molecule has 1 aromatic rings. The lowest BCUT2D eigenvalue weighted by molar-refractivity contribution is -0.120. The van der Waals surface area contributed by atoms with Gasteiger partial charge in [-0.25, -0.2) is 5.84 Å². The summed E-state index contributed by atoms with van der Waals surface area (Å²) in [5, 5.41) is 0. The van der Waals surface area contributed by atoms with Crippen LogP contribution in [-0.2, 0) is 11.2 Å². The molecule has 4 N–H and O–H groups in total. The monoisotopic (exact) mass is 139 g/mol. The van der Waals surface area contributed by atoms with Crippen LogP contribution in [0.5, 0.6) is 0 Å². The molecule has 0 aliphatic rings. The van der Waals surface area contributed by atoms with E-state index < -0.39 is 0 Å². The summed E-state index contributed by atoms with van der Waals surface area (Å²) >= 11 is 0. The van der Waals surface area contributed by atoms with Gasteiger partial charge < -0.3 is 4.98 Å². The first-order chi connectivity index (χ1) is 4.83. The topological polar surface area (TPSA) is 70.9 Å². The zero-order valence-electron chi connectivity index (χ0n) is 5.42. The lowest BCUT2D eigenvalue weighted by Gasteiger charge is -1.94. The molecule has 0 saturated heterocycles. The fourth-order valence-electron chi connectivity index (χ4n) is 0.701. The number of carbonyl (C=O) groups excluding carboxylic acids is 1. The summed E-state index contributed by atoms with van der Waals surface area (Å²) in [4.78, 5) is 13.5. The highest BCUT2D eigenvalue weighted by atomic mass is 16.2. The summed E-state index contributed by atoms with van der Waals surface area (Å²) in [6, 6.07) is 3.66. The van der Waals surface area contributed by atoms with Crippen molar-refractivity contribution < 1.29 is 4.79 Å². The van der Waals surface area contributed by atoms with E-state index in [4.69, 9.17) is 5.84 Å². The van der Waals surface area contributed by atoms with Crippen LogP contribution in [0, 0.1) is 0 Å². The molecule has 0 radical (unpaired) electrons. The normalized spacial score (nSPS) is 9.30. The highest BCUT2D eigenvalue weighted by molar-refractivity contribution is 5.77. The molecule has 0 fully saturated rings. The predicted molar refractivity (Wildman–Crippen MR) is 36.8 cm³/mol. The number of carbonyl (C=O) groups is 1. The summed E-state index contributed by atoms with van der Waals surface area (Å²) in [5.74, 6) is 4.68. The maximum absolute atomic E-state index is 10.6. The number of H-pyrrole nitrogens is 1. The average Bonchev–Trinajstić information content (AvgIpc) is 2.40. The Hall–Kier alpha value is -1.29. The van der Waals surface area contributed by atoms with Crippen molar-refractivity contribution >= 4 is 5.91 Å². The third-order valence-electron chi connectivity index (χ3n) is 1.17. The lowest BCUT2D eigenvalue weighted by Crippen LogP contribution is -2.31. The van der Waals surface area contributed by atoms with Gasteiger partial charge in [0, 0.05) is 11.9 Å². The molecule has 0 bridgehead atoms. The first-order valence-corrected chi connectivity index (χ1v) is 2.94. The molecule has 1 amide bonds. The van der Waals surface area contributed by atoms with Crippen molar-refractivity contribution in [2.45, 2.75) is 6.42 Å². The second-order valence-corrected chi connectivity index (χ2v) is 1.94. The Labute approximate surface area is 58.4 Å². The zero-order valence-corrected chi connectivity index (χ0v) is 5.42. The van der Waals surface area contributed by atoms with Crippen molar-refractivity contribution in [3.63, 3.8) is 0 Å². The van der Waals surface area contributed by atoms with Crippen LogP contribution in [0.3, 0.4) is 0 Å². The molecule has 1 rings (SSSR count). The first-order valence-electron chi connectivity index (χ1n) is 2.94. The van der Waals surface area contributed by atoms with Gasteiger partial charge in [0.1, 0.15) is 0 Å². The number of nitrogens with two attached hydrogens (primary N) is 1. The Kier molecular flexibility index (Phi) is 2.07. The molecular weight excluding hydrogens is 130 g/mol. The first kappa shape index (κ1) is 6.82. The van der Waals surface area contributed by atoms with Crippen LogP contribution in [0.1, 0.15) is 5.69 Å². The smallest absolute Gasteiger partial charge is 0.239 e. The fourth-order valence-corrected chi connectivity index (χ4v) is 0.701. The number of amides is 1. The number of nitrogens with one attached hydrogen (secondary N) is 2. The molecule has 0 aromatic carbocycles. The molecule has 0 atom stereocenters. The Morgan fingerprint density at radius 2 is 2.60 bits per heavy atom. The van der Waals surface area contributed by atoms with Crippen LogP contribution >= 0.6 is 0 Å². The van der Waals surface area contributed by atoms with Gasteiger partial charge >= 0.3 is 0 Å². The van der Waals surface area contributed by atoms with Crippen LogP contribution in [0.2, 0.25) is 0 Å². The number of hydrogen-bond donors (Lipinski definition) is 3. The van der Waals surface area contributed by atoms with Crippen molar-refractivity contribution in [3.8, 4) is 0 Å². The van der Waals surface area contributed by atoms with Crippen LogP contribution < -0.4 is 11.3 Å². The average molecular weight is 139 g/mol. The van der Waals surface area contributed by atoms with Crippen LogP contribution in [0.15, 0.2) is 18.3 Å². The summed E-state index contributed by atoms with van der Waals surface area (Å²) in [5.41, 5.74) is 2.91. The predicted octanol–water partition coefficient (Wildman–Crippen LogP) is -0.453. The molecular formula is C6H9N3O. The van der Waals surface area contributed by atoms with E-state index in [9.17, 15) is 4.79 Å². The second-order valence-electron chi connectivity index (χ2n) is 1.94. The summed E-state index contributed by atoms with van der Waals surface area (Å²) < 4.78 is 0. The van der Waals surface area contributed by atoms with Crippen molar-refractivity contribution in [1.82, 2.24) is 10.4 Å². The molecule has 1 heterocycles. The van der Waals surface area contributed by atoms with Gasteiger partial charge in [-0.15, -0.1) is 0 Å². The maximum atomic E-state index is 10.6. The second kappa shape index (κ2) is 3.03. The number of hydrazine groups is 1. The van der Waals surface area contributed by atoms with Gasteiger partial charge in [-0.3, -0.25) is 10.2 Å². The zero-order chi connectivity index (χ0) is 7.40. The van der Waals surface area contributed by atoms with E-state index >= 15 is 0 Å². The standard InChI is InChI=1S/C6H9N3O/c7-9-6(10)4-5-2-1-3-8-5/h1-3,8H,4,7H2,(H,9,10). The van der Waals surface area contributed by atoms with Crippen LogP contribution in [-0.4, -0.2) is 10.9 Å². The minimum absolute atomic E-state index is 0.192. The molecule has 4 heteroatoms. The number of rotatable bonds is 2. The minimum Gasteiger partial charge on any atom is -0.365 e. The van der Waals surface area contributed by atoms with E-state index in [1.165, 1.54) is 0 Å². The quantitative estimate of drug-likeness (QED) is 0.295. The summed E-state index contributed by atoms with van der Waals surface area (Å²) in [7, 11) is 0. The van der Waals surface area contributed by atoms with E-state index in [2.05, 4.69) is 4.98 Å². The molecule has 0 spiro atoms. The Bertz CT molecular complexity index is 205. The molecule has 0 unspecified atom stereocenters. The van der Waals surface area contributed by atoms with Gasteiger partial charge in [-0.05, 0) is 12.1 Å². The van der Waals surface area contributed by atoms with Crippen molar-refractivity contribution in [3.05, 3.63) is 24.0 Å². The number of aromatic nitrogens is 1. The van der Waals surface area contributed by atoms with E-state index in [1.807, 2.05) is 17.6 Å². The molecule has 1 aromatic heterocycles. The molecule has 0 saturated carbocycles. The Balaban J connectivity index is 2.48. The summed E-state index contributed by atoms with van der Waals surface area (Å²) in [6.45, 7) is 0. The van der Waals surface area contributed by atoms with E-state index in [0.29, 0.717) is 6.42 Å². The van der Waals surface area contributed by atoms with Crippen LogP contribution in [0.4, 0.5) is 0 Å². The van der Waals surface area contributed by atoms with E-state index in [-0.39, 0.29) is 5.91 Å². The fraction of sp³-hybridized carbons (Fsp3) is 0.167. The molecule has 4 nitrogen and oxygen atoms in total. The third kappa shape index (κ3) is 1.60. The highest BCUT2D eigenvalue weighted by Crippen LogP contribution is 1.93. The molecule has 10 heavy (non-hydrogen) atoms. The van der Waals surface area contributed by atoms with E-state index in [0.717, 1.165) is 5.69 Å². The SMILES string of the molecule is NNC(=O)Cc1ccc[nH]1. The van der Waals surface area contributed by atoms with Crippen molar-refractivity contribution in [1.29, 1.82) is 0 Å². The molecule has 0 aliphatic carbocycles. The van der Waals surface area contributed by atoms with E-state index in [1.54, 1.807) is 6.20 Å². The number of aromatic amines is 1. The van der Waals surface area contributed by atoms with Gasteiger partial charge in [0.25, 0.3) is 0 Å².